The Hall–Kier alpha value is -2.69. The fourth-order valence-electron chi connectivity index (χ4n) is 3.18. The molecule has 0 saturated carbocycles. The zero-order valence-corrected chi connectivity index (χ0v) is 15.0. The number of aryl methyl sites for hydroxylation is 1. The second-order valence-corrected chi connectivity index (χ2v) is 6.94. The summed E-state index contributed by atoms with van der Waals surface area (Å²) in [5, 5.41) is 2.93. The summed E-state index contributed by atoms with van der Waals surface area (Å²) in [7, 11) is 0. The SMILES string of the molecule is Cc1ccc(CN2C[C@H](C(=O)N[C@H](C)c3ccc(F)cc3)CC2=O)cc1. The highest BCUT2D eigenvalue weighted by Gasteiger charge is 2.34. The average molecular weight is 354 g/mol. The fraction of sp³-hybridized carbons (Fsp3) is 0.333. The van der Waals surface area contributed by atoms with Crippen molar-refractivity contribution in [3.05, 3.63) is 71.0 Å². The predicted molar refractivity (Wildman–Crippen MR) is 97.7 cm³/mol. The third-order valence-electron chi connectivity index (χ3n) is 4.81. The lowest BCUT2D eigenvalue weighted by molar-refractivity contribution is -0.129. The highest BCUT2D eigenvalue weighted by Crippen LogP contribution is 2.22. The maximum Gasteiger partial charge on any atom is 0.225 e. The van der Waals surface area contributed by atoms with Crippen LogP contribution >= 0.6 is 0 Å². The van der Waals surface area contributed by atoms with Gasteiger partial charge in [0.1, 0.15) is 5.82 Å². The van der Waals surface area contributed by atoms with Crippen molar-refractivity contribution in [3.8, 4) is 0 Å². The van der Waals surface area contributed by atoms with E-state index in [1.807, 2.05) is 38.1 Å². The van der Waals surface area contributed by atoms with E-state index < -0.39 is 0 Å². The topological polar surface area (TPSA) is 49.4 Å². The summed E-state index contributed by atoms with van der Waals surface area (Å²) in [6.07, 6.45) is 0.230. The minimum absolute atomic E-state index is 0.000148. The summed E-state index contributed by atoms with van der Waals surface area (Å²) < 4.78 is 13.0. The lowest BCUT2D eigenvalue weighted by Gasteiger charge is -2.19. The van der Waals surface area contributed by atoms with E-state index in [1.54, 1.807) is 17.0 Å². The van der Waals surface area contributed by atoms with Gasteiger partial charge in [-0.3, -0.25) is 9.59 Å². The van der Waals surface area contributed by atoms with Crippen LogP contribution in [0.15, 0.2) is 48.5 Å². The summed E-state index contributed by atoms with van der Waals surface area (Å²) in [5.41, 5.74) is 3.07. The molecule has 2 aromatic carbocycles. The van der Waals surface area contributed by atoms with Crippen LogP contribution in [0, 0.1) is 18.7 Å². The molecule has 0 unspecified atom stereocenters. The monoisotopic (exact) mass is 354 g/mol. The summed E-state index contributed by atoms with van der Waals surface area (Å²) in [6.45, 7) is 4.82. The quantitative estimate of drug-likeness (QED) is 0.895. The van der Waals surface area contributed by atoms with Crippen LogP contribution in [0.4, 0.5) is 4.39 Å². The third-order valence-corrected chi connectivity index (χ3v) is 4.81. The molecule has 1 heterocycles. The molecule has 1 aliphatic heterocycles. The number of benzene rings is 2. The molecule has 2 atom stereocenters. The van der Waals surface area contributed by atoms with Crippen LogP contribution in [-0.4, -0.2) is 23.3 Å². The van der Waals surface area contributed by atoms with Gasteiger partial charge in [0.15, 0.2) is 0 Å². The van der Waals surface area contributed by atoms with Gasteiger partial charge in [-0.2, -0.15) is 0 Å². The molecule has 2 amide bonds. The first-order chi connectivity index (χ1) is 12.4. The van der Waals surface area contributed by atoms with Crippen LogP contribution in [0.1, 0.15) is 36.1 Å². The number of likely N-dealkylation sites (tertiary alicyclic amines) is 1. The number of rotatable bonds is 5. The van der Waals surface area contributed by atoms with E-state index in [4.69, 9.17) is 0 Å². The molecule has 3 rings (SSSR count). The molecule has 5 heteroatoms. The van der Waals surface area contributed by atoms with E-state index in [0.29, 0.717) is 13.1 Å². The second-order valence-electron chi connectivity index (χ2n) is 6.94. The Morgan fingerprint density at radius 2 is 1.85 bits per heavy atom. The standard InChI is InChI=1S/C21H23FN2O2/c1-14-3-5-16(6-4-14)12-24-13-18(11-20(24)25)21(26)23-15(2)17-7-9-19(22)10-8-17/h3-10,15,18H,11-13H2,1-2H3,(H,23,26)/t15-,18-/m1/s1. The van der Waals surface area contributed by atoms with E-state index in [0.717, 1.165) is 11.1 Å². The van der Waals surface area contributed by atoms with Gasteiger partial charge in [0.2, 0.25) is 11.8 Å². The molecule has 0 aromatic heterocycles. The average Bonchev–Trinajstić information content (AvgIpc) is 2.98. The predicted octanol–water partition coefficient (Wildman–Crippen LogP) is 3.36. The summed E-state index contributed by atoms with van der Waals surface area (Å²) in [6, 6.07) is 13.9. The zero-order chi connectivity index (χ0) is 18.7. The molecule has 136 valence electrons. The van der Waals surface area contributed by atoms with Gasteiger partial charge >= 0.3 is 0 Å². The van der Waals surface area contributed by atoms with Gasteiger partial charge < -0.3 is 10.2 Å². The molecule has 4 nitrogen and oxygen atoms in total. The summed E-state index contributed by atoms with van der Waals surface area (Å²) >= 11 is 0. The minimum Gasteiger partial charge on any atom is -0.349 e. The van der Waals surface area contributed by atoms with Gasteiger partial charge in [-0.25, -0.2) is 4.39 Å². The van der Waals surface area contributed by atoms with Crippen molar-refractivity contribution >= 4 is 11.8 Å². The first-order valence-electron chi connectivity index (χ1n) is 8.81. The smallest absolute Gasteiger partial charge is 0.225 e. The van der Waals surface area contributed by atoms with E-state index in [1.165, 1.54) is 17.7 Å². The molecule has 0 bridgehead atoms. The van der Waals surface area contributed by atoms with Gasteiger partial charge in [-0.05, 0) is 37.1 Å². The Morgan fingerprint density at radius 3 is 2.50 bits per heavy atom. The van der Waals surface area contributed by atoms with Crippen molar-refractivity contribution in [3.63, 3.8) is 0 Å². The second kappa shape index (κ2) is 7.68. The van der Waals surface area contributed by atoms with Gasteiger partial charge in [-0.15, -0.1) is 0 Å². The molecule has 1 aliphatic rings. The number of carbonyl (C=O) groups is 2. The lowest BCUT2D eigenvalue weighted by atomic mass is 10.0. The molecule has 0 aliphatic carbocycles. The van der Waals surface area contributed by atoms with Crippen molar-refractivity contribution in [1.29, 1.82) is 0 Å². The molecule has 0 radical (unpaired) electrons. The minimum atomic E-state index is -0.351. The Morgan fingerprint density at radius 1 is 1.19 bits per heavy atom. The fourth-order valence-corrected chi connectivity index (χ4v) is 3.18. The zero-order valence-electron chi connectivity index (χ0n) is 15.0. The van der Waals surface area contributed by atoms with Crippen LogP contribution in [0.3, 0.4) is 0 Å². The molecular formula is C21H23FN2O2. The van der Waals surface area contributed by atoms with Crippen LogP contribution in [0.2, 0.25) is 0 Å². The first-order valence-corrected chi connectivity index (χ1v) is 8.81. The van der Waals surface area contributed by atoms with Crippen molar-refractivity contribution in [2.75, 3.05) is 6.54 Å². The van der Waals surface area contributed by atoms with Gasteiger partial charge in [0.05, 0.1) is 12.0 Å². The number of nitrogens with zero attached hydrogens (tertiary/aromatic N) is 1. The third kappa shape index (κ3) is 4.28. The van der Waals surface area contributed by atoms with E-state index in [9.17, 15) is 14.0 Å². The Labute approximate surface area is 153 Å². The number of amides is 2. The van der Waals surface area contributed by atoms with Crippen molar-refractivity contribution < 1.29 is 14.0 Å². The molecule has 1 N–H and O–H groups in total. The highest BCUT2D eigenvalue weighted by molar-refractivity contribution is 5.89. The molecule has 1 saturated heterocycles. The Bertz CT molecular complexity index is 787. The first kappa shape index (κ1) is 18.1. The van der Waals surface area contributed by atoms with Crippen LogP contribution in [-0.2, 0) is 16.1 Å². The molecule has 2 aromatic rings. The summed E-state index contributed by atoms with van der Waals surface area (Å²) in [5.74, 6) is -0.794. The van der Waals surface area contributed by atoms with Crippen molar-refractivity contribution in [1.82, 2.24) is 10.2 Å². The Kier molecular flexibility index (Phi) is 5.35. The van der Waals surface area contributed by atoms with Gasteiger partial charge in [0.25, 0.3) is 0 Å². The number of hydrogen-bond acceptors (Lipinski definition) is 2. The van der Waals surface area contributed by atoms with E-state index in [2.05, 4.69) is 5.32 Å². The number of nitrogens with one attached hydrogen (secondary N) is 1. The maximum absolute atomic E-state index is 13.0. The lowest BCUT2D eigenvalue weighted by Crippen LogP contribution is -2.34. The van der Waals surface area contributed by atoms with Gasteiger partial charge in [-0.1, -0.05) is 42.0 Å². The van der Waals surface area contributed by atoms with Crippen molar-refractivity contribution in [2.24, 2.45) is 5.92 Å². The number of hydrogen-bond donors (Lipinski definition) is 1. The summed E-state index contributed by atoms with van der Waals surface area (Å²) in [4.78, 5) is 26.5. The van der Waals surface area contributed by atoms with E-state index in [-0.39, 0.29) is 36.0 Å². The number of halogens is 1. The largest absolute Gasteiger partial charge is 0.349 e. The number of carbonyl (C=O) groups excluding carboxylic acids is 2. The maximum atomic E-state index is 13.0. The Balaban J connectivity index is 1.57. The normalized spacial score (nSPS) is 18.0. The van der Waals surface area contributed by atoms with Crippen LogP contribution in [0.25, 0.3) is 0 Å². The molecule has 1 fully saturated rings. The molecular weight excluding hydrogens is 331 g/mol. The highest BCUT2D eigenvalue weighted by atomic mass is 19.1. The van der Waals surface area contributed by atoms with E-state index >= 15 is 0 Å². The van der Waals surface area contributed by atoms with Gasteiger partial charge in [0, 0.05) is 19.5 Å². The molecule has 26 heavy (non-hydrogen) atoms. The van der Waals surface area contributed by atoms with Crippen LogP contribution in [0.5, 0.6) is 0 Å². The van der Waals surface area contributed by atoms with Crippen molar-refractivity contribution in [2.45, 2.75) is 32.9 Å². The molecule has 0 spiro atoms. The van der Waals surface area contributed by atoms with Crippen LogP contribution < -0.4 is 5.32 Å².